The Bertz CT molecular complexity index is 532. The van der Waals surface area contributed by atoms with Crippen molar-refractivity contribution in [1.82, 2.24) is 15.0 Å². The molecule has 0 saturated heterocycles. The van der Waals surface area contributed by atoms with Crippen LogP contribution in [0.3, 0.4) is 0 Å². The molecule has 0 aromatic carbocycles. The number of rotatable bonds is 8. The minimum atomic E-state index is 0.253. The molecule has 1 unspecified atom stereocenters. The molecule has 1 atom stereocenters. The number of hydrogen-bond acceptors (Lipinski definition) is 6. The van der Waals surface area contributed by atoms with Gasteiger partial charge < -0.3 is 5.32 Å². The molecule has 2 aromatic heterocycles. The van der Waals surface area contributed by atoms with Crippen molar-refractivity contribution in [2.75, 3.05) is 10.6 Å². The van der Waals surface area contributed by atoms with Crippen LogP contribution in [0, 0.1) is 0 Å². The molecule has 0 bridgehead atoms. The lowest BCUT2D eigenvalue weighted by molar-refractivity contribution is -0.105. The second-order valence-electron chi connectivity index (χ2n) is 4.46. The predicted octanol–water partition coefficient (Wildman–Crippen LogP) is 3.35. The summed E-state index contributed by atoms with van der Waals surface area (Å²) in [7, 11) is 0. The summed E-state index contributed by atoms with van der Waals surface area (Å²) in [6.07, 6.45) is 5.14. The Labute approximate surface area is 135 Å². The fourth-order valence-corrected chi connectivity index (χ4v) is 2.53. The van der Waals surface area contributed by atoms with Crippen LogP contribution in [-0.2, 0) is 11.2 Å². The van der Waals surface area contributed by atoms with E-state index >= 15 is 0 Å². The number of anilines is 2. The highest BCUT2D eigenvalue weighted by Gasteiger charge is 2.05. The highest BCUT2D eigenvalue weighted by Crippen LogP contribution is 2.12. The van der Waals surface area contributed by atoms with Crippen LogP contribution >= 0.6 is 11.3 Å². The van der Waals surface area contributed by atoms with Crippen molar-refractivity contribution in [3.63, 3.8) is 0 Å². The summed E-state index contributed by atoms with van der Waals surface area (Å²) in [5, 5.41) is 9.89. The molecule has 0 fully saturated rings. The molecule has 7 heteroatoms. The first-order valence-electron chi connectivity index (χ1n) is 7.45. The van der Waals surface area contributed by atoms with Gasteiger partial charge in [-0.15, -0.1) is 0 Å². The number of amides is 1. The van der Waals surface area contributed by atoms with E-state index in [0.717, 1.165) is 19.3 Å². The van der Waals surface area contributed by atoms with Gasteiger partial charge in [0.05, 0.1) is 0 Å². The van der Waals surface area contributed by atoms with E-state index in [1.807, 2.05) is 13.8 Å². The third kappa shape index (κ3) is 6.62. The lowest BCUT2D eigenvalue weighted by atomic mass is 10.1. The number of nitrogens with zero attached hydrogens (tertiary/aromatic N) is 3. The van der Waals surface area contributed by atoms with Crippen molar-refractivity contribution in [3.05, 3.63) is 28.7 Å². The highest BCUT2D eigenvalue weighted by atomic mass is 32.1. The number of nitrogens with one attached hydrogen (secondary N) is 2. The molecule has 2 aromatic rings. The SMILES string of the molecule is CC.CC(CCCc1ccsc1)Nc1ncnc(NC=O)n1. The number of aryl methyl sites for hydroxylation is 1. The first kappa shape index (κ1) is 18.0. The van der Waals surface area contributed by atoms with Crippen molar-refractivity contribution in [2.24, 2.45) is 0 Å². The van der Waals surface area contributed by atoms with E-state index in [4.69, 9.17) is 0 Å². The van der Waals surface area contributed by atoms with Crippen LogP contribution in [0.1, 0.15) is 39.2 Å². The first-order chi connectivity index (χ1) is 10.8. The minimum Gasteiger partial charge on any atom is -0.352 e. The van der Waals surface area contributed by atoms with Crippen LogP contribution in [0.4, 0.5) is 11.9 Å². The number of carbonyl (C=O) groups excluding carboxylic acids is 1. The molecule has 120 valence electrons. The molecule has 0 aliphatic heterocycles. The lowest BCUT2D eigenvalue weighted by Crippen LogP contribution is -2.18. The van der Waals surface area contributed by atoms with E-state index < -0.39 is 0 Å². The summed E-state index contributed by atoms with van der Waals surface area (Å²) in [6.45, 7) is 6.09. The fourth-order valence-electron chi connectivity index (χ4n) is 1.83. The van der Waals surface area contributed by atoms with Gasteiger partial charge in [0.25, 0.3) is 0 Å². The summed E-state index contributed by atoms with van der Waals surface area (Å²) in [5.74, 6) is 0.732. The predicted molar refractivity (Wildman–Crippen MR) is 91.2 cm³/mol. The van der Waals surface area contributed by atoms with Crippen LogP contribution in [0.5, 0.6) is 0 Å². The van der Waals surface area contributed by atoms with E-state index in [0.29, 0.717) is 12.4 Å². The maximum atomic E-state index is 10.3. The summed E-state index contributed by atoms with van der Waals surface area (Å²) in [6, 6.07) is 2.42. The molecule has 2 N–H and O–H groups in total. The number of thiophene rings is 1. The molecule has 0 aliphatic carbocycles. The molecule has 22 heavy (non-hydrogen) atoms. The Morgan fingerprint density at radius 2 is 2.09 bits per heavy atom. The van der Waals surface area contributed by atoms with Gasteiger partial charge in [-0.1, -0.05) is 13.8 Å². The average Bonchev–Trinajstić information content (AvgIpc) is 3.03. The summed E-state index contributed by atoms with van der Waals surface area (Å²) >= 11 is 1.73. The zero-order valence-corrected chi connectivity index (χ0v) is 14.1. The largest absolute Gasteiger partial charge is 0.352 e. The number of hydrogen-bond donors (Lipinski definition) is 2. The third-order valence-electron chi connectivity index (χ3n) is 2.82. The minimum absolute atomic E-state index is 0.253. The molecule has 0 aliphatic rings. The number of aromatic nitrogens is 3. The highest BCUT2D eigenvalue weighted by molar-refractivity contribution is 7.07. The monoisotopic (exact) mass is 321 g/mol. The standard InChI is InChI=1S/C13H17N5OS.C2H6/c1-10(3-2-4-11-5-6-20-7-11)17-13-15-8-14-12(18-13)16-9-19;1-2/h5-10H,2-4H2,1H3,(H2,14,15,16,17,18,19);1-2H3. The Morgan fingerprint density at radius 1 is 1.32 bits per heavy atom. The van der Waals surface area contributed by atoms with Gasteiger partial charge in [-0.2, -0.15) is 16.3 Å². The van der Waals surface area contributed by atoms with Gasteiger partial charge in [0.1, 0.15) is 6.33 Å². The fraction of sp³-hybridized carbons (Fsp3) is 0.467. The lowest BCUT2D eigenvalue weighted by Gasteiger charge is -2.13. The first-order valence-corrected chi connectivity index (χ1v) is 8.39. The van der Waals surface area contributed by atoms with E-state index in [2.05, 4.69) is 49.3 Å². The van der Waals surface area contributed by atoms with E-state index in [-0.39, 0.29) is 12.0 Å². The van der Waals surface area contributed by atoms with E-state index in [9.17, 15) is 4.79 Å². The van der Waals surface area contributed by atoms with E-state index in [1.165, 1.54) is 11.9 Å². The molecule has 6 nitrogen and oxygen atoms in total. The van der Waals surface area contributed by atoms with E-state index in [1.54, 1.807) is 11.3 Å². The summed E-state index contributed by atoms with van der Waals surface area (Å²) in [5.41, 5.74) is 1.39. The van der Waals surface area contributed by atoms with Gasteiger partial charge in [-0.3, -0.25) is 10.1 Å². The van der Waals surface area contributed by atoms with Crippen molar-refractivity contribution >= 4 is 29.6 Å². The second-order valence-corrected chi connectivity index (χ2v) is 5.24. The average molecular weight is 321 g/mol. The zero-order valence-electron chi connectivity index (χ0n) is 13.2. The van der Waals surface area contributed by atoms with Crippen LogP contribution in [0.2, 0.25) is 0 Å². The molecule has 0 spiro atoms. The molecule has 2 heterocycles. The third-order valence-corrected chi connectivity index (χ3v) is 3.55. The van der Waals surface area contributed by atoms with Gasteiger partial charge >= 0.3 is 0 Å². The van der Waals surface area contributed by atoms with Crippen molar-refractivity contribution < 1.29 is 4.79 Å². The topological polar surface area (TPSA) is 79.8 Å². The van der Waals surface area contributed by atoms with Crippen LogP contribution < -0.4 is 10.6 Å². The maximum Gasteiger partial charge on any atom is 0.233 e. The smallest absolute Gasteiger partial charge is 0.233 e. The van der Waals surface area contributed by atoms with Gasteiger partial charge in [-0.25, -0.2) is 9.97 Å². The van der Waals surface area contributed by atoms with Gasteiger partial charge in [0, 0.05) is 6.04 Å². The quantitative estimate of drug-likeness (QED) is 0.729. The van der Waals surface area contributed by atoms with Crippen LogP contribution in [0.15, 0.2) is 23.2 Å². The van der Waals surface area contributed by atoms with Crippen LogP contribution in [0.25, 0.3) is 0 Å². The van der Waals surface area contributed by atoms with Gasteiger partial charge in [-0.05, 0) is 48.6 Å². The molecule has 1 amide bonds. The normalized spacial score (nSPS) is 11.0. The maximum absolute atomic E-state index is 10.3. The van der Waals surface area contributed by atoms with Gasteiger partial charge in [0.2, 0.25) is 18.3 Å². The Kier molecular flexibility index (Phi) is 8.74. The van der Waals surface area contributed by atoms with Crippen LogP contribution in [-0.4, -0.2) is 27.4 Å². The van der Waals surface area contributed by atoms with Crippen molar-refractivity contribution in [3.8, 4) is 0 Å². The number of carbonyl (C=O) groups is 1. The summed E-state index contributed by atoms with van der Waals surface area (Å²) < 4.78 is 0. The Balaban J connectivity index is 0.00000116. The molecular formula is C15H23N5OS. The Hall–Kier alpha value is -2.02. The second kappa shape index (κ2) is 10.7. The zero-order chi connectivity index (χ0) is 16.2. The Morgan fingerprint density at radius 3 is 2.77 bits per heavy atom. The molecule has 2 rings (SSSR count). The summed E-state index contributed by atoms with van der Waals surface area (Å²) in [4.78, 5) is 22.3. The van der Waals surface area contributed by atoms with Crippen molar-refractivity contribution in [2.45, 2.75) is 46.1 Å². The molecular weight excluding hydrogens is 298 g/mol. The van der Waals surface area contributed by atoms with Crippen molar-refractivity contribution in [1.29, 1.82) is 0 Å². The molecule has 0 radical (unpaired) electrons. The molecule has 0 saturated carbocycles. The van der Waals surface area contributed by atoms with Gasteiger partial charge in [0.15, 0.2) is 0 Å².